The third-order valence-corrected chi connectivity index (χ3v) is 5.80. The number of carbonyl (C=O) groups is 1. The maximum absolute atomic E-state index is 15.2. The predicted octanol–water partition coefficient (Wildman–Crippen LogP) is 3.22. The SMILES string of the molecule is CN(Cc1cn(S(=O)(=O)c2cncc(Cl)c2)c(-c2cccnc2F)c1F)C(=O)O. The molecule has 12 heteroatoms. The van der Waals surface area contributed by atoms with Gasteiger partial charge in [0.05, 0.1) is 17.1 Å². The van der Waals surface area contributed by atoms with E-state index in [0.29, 0.717) is 3.97 Å². The molecule has 3 aromatic heterocycles. The molecule has 0 saturated heterocycles. The van der Waals surface area contributed by atoms with Crippen LogP contribution in [0.1, 0.15) is 5.56 Å². The molecule has 8 nitrogen and oxygen atoms in total. The van der Waals surface area contributed by atoms with Gasteiger partial charge < -0.3 is 10.0 Å². The number of rotatable bonds is 5. The quantitative estimate of drug-likeness (QED) is 0.608. The molecule has 1 amide bonds. The van der Waals surface area contributed by atoms with Crippen LogP contribution in [0.4, 0.5) is 13.6 Å². The van der Waals surface area contributed by atoms with Crippen LogP contribution in [0.2, 0.25) is 5.02 Å². The van der Waals surface area contributed by atoms with Crippen LogP contribution < -0.4 is 0 Å². The Labute approximate surface area is 169 Å². The van der Waals surface area contributed by atoms with Crippen LogP contribution >= 0.6 is 11.6 Å². The monoisotopic (exact) mass is 442 g/mol. The molecule has 29 heavy (non-hydrogen) atoms. The smallest absolute Gasteiger partial charge is 0.407 e. The van der Waals surface area contributed by atoms with Crippen molar-refractivity contribution >= 4 is 27.7 Å². The third-order valence-electron chi connectivity index (χ3n) is 3.97. The minimum Gasteiger partial charge on any atom is -0.465 e. The second-order valence-corrected chi connectivity index (χ2v) is 8.19. The highest BCUT2D eigenvalue weighted by atomic mass is 35.5. The van der Waals surface area contributed by atoms with Crippen molar-refractivity contribution < 1.29 is 27.1 Å². The Balaban J connectivity index is 2.28. The second-order valence-electron chi connectivity index (χ2n) is 5.94. The van der Waals surface area contributed by atoms with E-state index in [2.05, 4.69) is 9.97 Å². The molecule has 0 aromatic carbocycles. The molecule has 0 saturated carbocycles. The number of carboxylic acid groups (broad SMARTS) is 1. The molecular weight excluding hydrogens is 430 g/mol. The number of amides is 1. The van der Waals surface area contributed by atoms with Gasteiger partial charge in [0.1, 0.15) is 10.6 Å². The van der Waals surface area contributed by atoms with Crippen molar-refractivity contribution in [1.82, 2.24) is 18.8 Å². The van der Waals surface area contributed by atoms with E-state index in [-0.39, 0.29) is 15.5 Å². The van der Waals surface area contributed by atoms with Crippen LogP contribution in [-0.4, -0.2) is 45.5 Å². The van der Waals surface area contributed by atoms with E-state index < -0.39 is 45.7 Å². The number of hydrogen-bond acceptors (Lipinski definition) is 5. The predicted molar refractivity (Wildman–Crippen MR) is 98.9 cm³/mol. The van der Waals surface area contributed by atoms with Crippen molar-refractivity contribution in [2.75, 3.05) is 7.05 Å². The topological polar surface area (TPSA) is 105 Å². The van der Waals surface area contributed by atoms with Gasteiger partial charge in [0.25, 0.3) is 10.0 Å². The second kappa shape index (κ2) is 7.76. The molecule has 0 radical (unpaired) electrons. The molecule has 0 fully saturated rings. The fraction of sp³-hybridized carbons (Fsp3) is 0.118. The molecule has 0 spiro atoms. The number of pyridine rings is 2. The summed E-state index contributed by atoms with van der Waals surface area (Å²) < 4.78 is 56.2. The van der Waals surface area contributed by atoms with Crippen LogP contribution in [0.5, 0.6) is 0 Å². The Morgan fingerprint density at radius 3 is 2.69 bits per heavy atom. The zero-order chi connectivity index (χ0) is 21.3. The summed E-state index contributed by atoms with van der Waals surface area (Å²) in [5, 5.41) is 9.05. The first kappa shape index (κ1) is 20.7. The molecule has 0 unspecified atom stereocenters. The van der Waals surface area contributed by atoms with Gasteiger partial charge in [0.15, 0.2) is 5.82 Å². The molecule has 3 aromatic rings. The number of nitrogens with zero attached hydrogens (tertiary/aromatic N) is 4. The summed E-state index contributed by atoms with van der Waals surface area (Å²) in [7, 11) is -3.27. The van der Waals surface area contributed by atoms with Gasteiger partial charge in [-0.3, -0.25) is 4.98 Å². The maximum Gasteiger partial charge on any atom is 0.407 e. The summed E-state index contributed by atoms with van der Waals surface area (Å²) in [5.41, 5.74) is -1.30. The van der Waals surface area contributed by atoms with Crippen LogP contribution in [-0.2, 0) is 16.6 Å². The number of hydrogen-bond donors (Lipinski definition) is 1. The summed E-state index contributed by atoms with van der Waals surface area (Å²) in [5.74, 6) is -2.19. The van der Waals surface area contributed by atoms with Crippen molar-refractivity contribution in [2.24, 2.45) is 0 Å². The maximum atomic E-state index is 15.2. The fourth-order valence-corrected chi connectivity index (χ4v) is 4.20. The summed E-state index contributed by atoms with van der Waals surface area (Å²) in [6.07, 6.45) is 2.89. The molecule has 0 atom stereocenters. The number of halogens is 3. The Hall–Kier alpha value is -3.05. The molecule has 0 aliphatic heterocycles. The van der Waals surface area contributed by atoms with Crippen molar-refractivity contribution in [3.05, 3.63) is 65.3 Å². The van der Waals surface area contributed by atoms with Gasteiger partial charge in [-0.25, -0.2) is 26.6 Å². The highest BCUT2D eigenvalue weighted by Gasteiger charge is 2.29. The van der Waals surface area contributed by atoms with Crippen LogP contribution in [0.15, 0.2) is 47.9 Å². The van der Waals surface area contributed by atoms with Gasteiger partial charge in [0.2, 0.25) is 5.95 Å². The van der Waals surface area contributed by atoms with Crippen LogP contribution in [0, 0.1) is 11.8 Å². The van der Waals surface area contributed by atoms with E-state index >= 15 is 4.39 Å². The van der Waals surface area contributed by atoms with Gasteiger partial charge in [0, 0.05) is 37.4 Å². The van der Waals surface area contributed by atoms with Crippen molar-refractivity contribution in [3.63, 3.8) is 0 Å². The van der Waals surface area contributed by atoms with E-state index in [1.54, 1.807) is 0 Å². The largest absolute Gasteiger partial charge is 0.465 e. The molecule has 0 aliphatic rings. The zero-order valence-electron chi connectivity index (χ0n) is 14.8. The highest BCUT2D eigenvalue weighted by molar-refractivity contribution is 7.90. The van der Waals surface area contributed by atoms with Gasteiger partial charge in [-0.05, 0) is 18.2 Å². The van der Waals surface area contributed by atoms with E-state index in [4.69, 9.17) is 16.7 Å². The first-order valence-corrected chi connectivity index (χ1v) is 9.75. The van der Waals surface area contributed by atoms with Crippen molar-refractivity contribution in [1.29, 1.82) is 0 Å². The Bertz CT molecular complexity index is 1200. The summed E-state index contributed by atoms with van der Waals surface area (Å²) in [4.78, 5) is 18.6. The third kappa shape index (κ3) is 3.91. The van der Waals surface area contributed by atoms with E-state index in [0.717, 1.165) is 35.6 Å². The molecule has 152 valence electrons. The molecule has 0 aliphatic carbocycles. The van der Waals surface area contributed by atoms with E-state index in [9.17, 15) is 17.6 Å². The lowest BCUT2D eigenvalue weighted by Crippen LogP contribution is -2.24. The number of aromatic nitrogens is 3. The first-order valence-electron chi connectivity index (χ1n) is 7.93. The first-order chi connectivity index (χ1) is 13.6. The van der Waals surface area contributed by atoms with Crippen LogP contribution in [0.3, 0.4) is 0 Å². The lowest BCUT2D eigenvalue weighted by Gasteiger charge is -2.11. The average Bonchev–Trinajstić information content (AvgIpc) is 2.99. The standard InChI is InChI=1S/C17H13ClF2N4O4S/c1-23(17(25)26)8-10-9-24(29(27,28)12-5-11(18)6-21-7-12)15(14(10)19)13-3-2-4-22-16(13)20/h2-7,9H,8H2,1H3,(H,25,26). The summed E-state index contributed by atoms with van der Waals surface area (Å²) >= 11 is 5.81. The minimum absolute atomic E-state index is 0.0265. The Morgan fingerprint density at radius 2 is 2.07 bits per heavy atom. The lowest BCUT2D eigenvalue weighted by atomic mass is 10.2. The molecule has 1 N–H and O–H groups in total. The van der Waals surface area contributed by atoms with E-state index in [1.165, 1.54) is 19.3 Å². The summed E-state index contributed by atoms with van der Waals surface area (Å²) in [6, 6.07) is 3.58. The average molecular weight is 443 g/mol. The summed E-state index contributed by atoms with van der Waals surface area (Å²) in [6.45, 7) is -0.466. The van der Waals surface area contributed by atoms with Crippen LogP contribution in [0.25, 0.3) is 11.3 Å². The zero-order valence-corrected chi connectivity index (χ0v) is 16.3. The van der Waals surface area contributed by atoms with Crippen molar-refractivity contribution in [2.45, 2.75) is 11.4 Å². The highest BCUT2D eigenvalue weighted by Crippen LogP contribution is 2.32. The van der Waals surface area contributed by atoms with Gasteiger partial charge in [-0.1, -0.05) is 11.6 Å². The lowest BCUT2D eigenvalue weighted by molar-refractivity contribution is 0.153. The molecule has 0 bridgehead atoms. The Kier molecular flexibility index (Phi) is 5.53. The van der Waals surface area contributed by atoms with E-state index in [1.807, 2.05) is 0 Å². The Morgan fingerprint density at radius 1 is 1.34 bits per heavy atom. The van der Waals surface area contributed by atoms with Gasteiger partial charge in [-0.15, -0.1) is 0 Å². The van der Waals surface area contributed by atoms with Gasteiger partial charge >= 0.3 is 6.09 Å². The minimum atomic E-state index is -4.45. The fourth-order valence-electron chi connectivity index (χ4n) is 2.58. The van der Waals surface area contributed by atoms with Crippen molar-refractivity contribution in [3.8, 4) is 11.3 Å². The molecular formula is C17H13ClF2N4O4S. The molecule has 3 rings (SSSR count). The normalized spacial score (nSPS) is 11.4. The van der Waals surface area contributed by atoms with Gasteiger partial charge in [-0.2, -0.15) is 4.39 Å². The molecule has 3 heterocycles.